The maximum atomic E-state index is 5.39. The minimum absolute atomic E-state index is 0.527. The average molecular weight is 341 g/mol. The van der Waals surface area contributed by atoms with E-state index in [0.29, 0.717) is 6.04 Å². The highest BCUT2D eigenvalue weighted by Gasteiger charge is 2.20. The van der Waals surface area contributed by atoms with Crippen LogP contribution >= 0.6 is 11.3 Å². The summed E-state index contributed by atoms with van der Waals surface area (Å²) in [6.45, 7) is 2.83. The zero-order chi connectivity index (χ0) is 16.2. The van der Waals surface area contributed by atoms with Gasteiger partial charge in [-0.25, -0.2) is 15.0 Å². The van der Waals surface area contributed by atoms with Crippen molar-refractivity contribution in [1.29, 1.82) is 0 Å². The highest BCUT2D eigenvalue weighted by atomic mass is 32.1. The molecule has 1 fully saturated rings. The smallest absolute Gasteiger partial charge is 0.225 e. The van der Waals surface area contributed by atoms with E-state index in [1.165, 1.54) is 4.88 Å². The van der Waals surface area contributed by atoms with Crippen LogP contribution < -0.4 is 10.2 Å². The Morgan fingerprint density at radius 3 is 2.75 bits per heavy atom. The summed E-state index contributed by atoms with van der Waals surface area (Å²) in [4.78, 5) is 16.6. The number of piperidine rings is 1. The molecule has 0 aliphatic carbocycles. The van der Waals surface area contributed by atoms with Gasteiger partial charge < -0.3 is 14.6 Å². The van der Waals surface area contributed by atoms with Gasteiger partial charge in [0.2, 0.25) is 5.95 Å². The lowest BCUT2D eigenvalue weighted by molar-refractivity contribution is 0.412. The first-order valence-electron chi connectivity index (χ1n) is 8.12. The molecule has 6 nitrogen and oxygen atoms in total. The normalized spacial score (nSPS) is 15.8. The predicted molar refractivity (Wildman–Crippen MR) is 93.9 cm³/mol. The SMILES string of the molecule is c1cnc(N2CCC(NCc3cnc(-c4ccco4)s3)CC2)nc1. The lowest BCUT2D eigenvalue weighted by Crippen LogP contribution is -2.42. The first-order chi connectivity index (χ1) is 11.9. The first-order valence-corrected chi connectivity index (χ1v) is 8.94. The Bertz CT molecular complexity index is 750. The fourth-order valence-electron chi connectivity index (χ4n) is 2.89. The van der Waals surface area contributed by atoms with Crippen LogP contribution in [0.1, 0.15) is 17.7 Å². The van der Waals surface area contributed by atoms with Gasteiger partial charge in [0.15, 0.2) is 10.8 Å². The predicted octanol–water partition coefficient (Wildman–Crippen LogP) is 2.95. The van der Waals surface area contributed by atoms with Crippen LogP contribution in [0.5, 0.6) is 0 Å². The van der Waals surface area contributed by atoms with Crippen LogP contribution in [0.3, 0.4) is 0 Å². The molecule has 0 atom stereocenters. The molecule has 0 bridgehead atoms. The molecule has 1 aliphatic rings. The van der Waals surface area contributed by atoms with Crippen molar-refractivity contribution in [1.82, 2.24) is 20.3 Å². The van der Waals surface area contributed by atoms with E-state index in [9.17, 15) is 0 Å². The maximum Gasteiger partial charge on any atom is 0.225 e. The Labute approximate surface area is 144 Å². The summed E-state index contributed by atoms with van der Waals surface area (Å²) in [7, 11) is 0. The average Bonchev–Trinajstić information content (AvgIpc) is 3.33. The summed E-state index contributed by atoms with van der Waals surface area (Å²) < 4.78 is 5.39. The molecular weight excluding hydrogens is 322 g/mol. The molecule has 4 rings (SSSR count). The van der Waals surface area contributed by atoms with Gasteiger partial charge in [0.25, 0.3) is 0 Å². The molecule has 124 valence electrons. The Hall–Kier alpha value is -2.25. The number of thiazole rings is 1. The molecule has 24 heavy (non-hydrogen) atoms. The van der Waals surface area contributed by atoms with Crippen molar-refractivity contribution in [2.75, 3.05) is 18.0 Å². The molecule has 1 N–H and O–H groups in total. The zero-order valence-corrected chi connectivity index (χ0v) is 14.1. The van der Waals surface area contributed by atoms with Gasteiger partial charge in [0.1, 0.15) is 0 Å². The van der Waals surface area contributed by atoms with Crippen molar-refractivity contribution in [2.45, 2.75) is 25.4 Å². The molecule has 3 aromatic rings. The number of anilines is 1. The third-order valence-corrected chi connectivity index (χ3v) is 5.19. The maximum absolute atomic E-state index is 5.39. The van der Waals surface area contributed by atoms with Crippen LogP contribution in [0.15, 0.2) is 47.5 Å². The molecule has 0 saturated carbocycles. The van der Waals surface area contributed by atoms with E-state index in [4.69, 9.17) is 4.42 Å². The van der Waals surface area contributed by atoms with E-state index in [1.807, 2.05) is 24.4 Å². The van der Waals surface area contributed by atoms with Gasteiger partial charge in [-0.05, 0) is 31.0 Å². The van der Waals surface area contributed by atoms with Gasteiger partial charge >= 0.3 is 0 Å². The van der Waals surface area contributed by atoms with Crippen LogP contribution in [0.4, 0.5) is 5.95 Å². The lowest BCUT2D eigenvalue weighted by atomic mass is 10.1. The molecule has 4 heterocycles. The Kier molecular flexibility index (Phi) is 4.53. The summed E-state index contributed by atoms with van der Waals surface area (Å²) in [6, 6.07) is 6.21. The van der Waals surface area contributed by atoms with Crippen LogP contribution in [-0.2, 0) is 6.54 Å². The van der Waals surface area contributed by atoms with Crippen molar-refractivity contribution in [3.8, 4) is 10.8 Å². The molecule has 3 aromatic heterocycles. The largest absolute Gasteiger partial charge is 0.462 e. The first kappa shape index (κ1) is 15.3. The Balaban J connectivity index is 1.27. The number of hydrogen-bond acceptors (Lipinski definition) is 7. The van der Waals surface area contributed by atoms with Crippen molar-refractivity contribution >= 4 is 17.3 Å². The van der Waals surface area contributed by atoms with Gasteiger partial charge in [-0.2, -0.15) is 0 Å². The summed E-state index contributed by atoms with van der Waals surface area (Å²) in [5.41, 5.74) is 0. The molecule has 0 radical (unpaired) electrons. The molecule has 0 amide bonds. The van der Waals surface area contributed by atoms with Gasteiger partial charge in [0, 0.05) is 49.1 Å². The highest BCUT2D eigenvalue weighted by molar-refractivity contribution is 7.14. The van der Waals surface area contributed by atoms with Gasteiger partial charge in [-0.15, -0.1) is 11.3 Å². The number of hydrogen-bond donors (Lipinski definition) is 1. The third kappa shape index (κ3) is 3.47. The standard InChI is InChI=1S/C17H19N5OS/c1-3-15(23-10-1)16-21-12-14(24-16)11-20-13-4-8-22(9-5-13)17-18-6-2-7-19-17/h1-3,6-7,10,12-13,20H,4-5,8-9,11H2. The summed E-state index contributed by atoms with van der Waals surface area (Å²) in [5, 5.41) is 4.58. The summed E-state index contributed by atoms with van der Waals surface area (Å²) >= 11 is 1.68. The van der Waals surface area contributed by atoms with E-state index in [-0.39, 0.29) is 0 Å². The van der Waals surface area contributed by atoms with E-state index < -0.39 is 0 Å². The summed E-state index contributed by atoms with van der Waals surface area (Å²) in [5.74, 6) is 1.67. The van der Waals surface area contributed by atoms with Crippen molar-refractivity contribution in [2.24, 2.45) is 0 Å². The van der Waals surface area contributed by atoms with Crippen LogP contribution in [0, 0.1) is 0 Å². The molecule has 0 unspecified atom stereocenters. The fourth-order valence-corrected chi connectivity index (χ4v) is 3.72. The number of aromatic nitrogens is 3. The Morgan fingerprint density at radius 1 is 1.17 bits per heavy atom. The number of nitrogens with zero attached hydrogens (tertiary/aromatic N) is 4. The number of furan rings is 1. The zero-order valence-electron chi connectivity index (χ0n) is 13.3. The van der Waals surface area contributed by atoms with Gasteiger partial charge in [-0.3, -0.25) is 0 Å². The van der Waals surface area contributed by atoms with E-state index in [0.717, 1.165) is 49.2 Å². The van der Waals surface area contributed by atoms with Crippen LogP contribution in [0.25, 0.3) is 10.8 Å². The highest BCUT2D eigenvalue weighted by Crippen LogP contribution is 2.25. The van der Waals surface area contributed by atoms with Gasteiger partial charge in [-0.1, -0.05) is 0 Å². The van der Waals surface area contributed by atoms with Crippen molar-refractivity contribution in [3.05, 3.63) is 47.9 Å². The molecule has 0 spiro atoms. The second-order valence-corrected chi connectivity index (χ2v) is 6.92. The molecule has 1 aliphatic heterocycles. The topological polar surface area (TPSA) is 67.1 Å². The van der Waals surface area contributed by atoms with Crippen molar-refractivity contribution in [3.63, 3.8) is 0 Å². The third-order valence-electron chi connectivity index (χ3n) is 4.18. The quantitative estimate of drug-likeness (QED) is 0.769. The monoisotopic (exact) mass is 341 g/mol. The molecular formula is C17H19N5OS. The lowest BCUT2D eigenvalue weighted by Gasteiger charge is -2.32. The fraction of sp³-hybridized carbons (Fsp3) is 0.353. The van der Waals surface area contributed by atoms with Gasteiger partial charge in [0.05, 0.1) is 6.26 Å². The van der Waals surface area contributed by atoms with Crippen LogP contribution in [0.2, 0.25) is 0 Å². The van der Waals surface area contributed by atoms with E-state index >= 15 is 0 Å². The second-order valence-electron chi connectivity index (χ2n) is 5.80. The molecule has 7 heteroatoms. The minimum atomic E-state index is 0.527. The van der Waals surface area contributed by atoms with E-state index in [1.54, 1.807) is 30.0 Å². The van der Waals surface area contributed by atoms with Crippen molar-refractivity contribution < 1.29 is 4.42 Å². The molecule has 1 saturated heterocycles. The summed E-state index contributed by atoms with van der Waals surface area (Å²) in [6.07, 6.45) is 9.41. The number of rotatable bonds is 5. The van der Waals surface area contributed by atoms with E-state index in [2.05, 4.69) is 25.2 Å². The molecule has 0 aromatic carbocycles. The number of nitrogens with one attached hydrogen (secondary N) is 1. The van der Waals surface area contributed by atoms with Crippen LogP contribution in [-0.4, -0.2) is 34.1 Å². The second kappa shape index (κ2) is 7.11. The minimum Gasteiger partial charge on any atom is -0.462 e. The Morgan fingerprint density at radius 2 is 2.00 bits per heavy atom.